The van der Waals surface area contributed by atoms with Gasteiger partial charge in [0.2, 0.25) is 0 Å². The Morgan fingerprint density at radius 1 is 1.36 bits per heavy atom. The third-order valence-corrected chi connectivity index (χ3v) is 2.40. The summed E-state index contributed by atoms with van der Waals surface area (Å²) in [6.45, 7) is -0.459. The Morgan fingerprint density at radius 2 is 2.00 bits per heavy atom. The molecule has 0 aromatic heterocycles. The Hall–Kier alpha value is -0.240. The zero-order valence-corrected chi connectivity index (χ0v) is 7.87. The largest absolute Gasteiger partial charge is 0.395 e. The van der Waals surface area contributed by atoms with Gasteiger partial charge in [0, 0.05) is 19.0 Å². The lowest BCUT2D eigenvalue weighted by Crippen LogP contribution is -2.40. The smallest absolute Gasteiger partial charge is 0.177 e. The van der Waals surface area contributed by atoms with Gasteiger partial charge in [-0.3, -0.25) is 4.90 Å². The van der Waals surface area contributed by atoms with Crippen LogP contribution in [0.1, 0.15) is 6.42 Å². The maximum atomic E-state index is 9.31. The Morgan fingerprint density at radius 3 is 2.50 bits per heavy atom. The number of likely N-dealkylation sites (tertiary alicyclic amines) is 1. The van der Waals surface area contributed by atoms with Crippen LogP contribution < -0.4 is 0 Å². The first-order chi connectivity index (χ1) is 6.48. The summed E-state index contributed by atoms with van der Waals surface area (Å²) < 4.78 is 0. The van der Waals surface area contributed by atoms with E-state index in [0.717, 1.165) is 0 Å². The van der Waals surface area contributed by atoms with Crippen LogP contribution in [0.3, 0.4) is 0 Å². The molecule has 1 fully saturated rings. The molecule has 0 aliphatic carbocycles. The van der Waals surface area contributed by atoms with Crippen LogP contribution in [0.15, 0.2) is 0 Å². The van der Waals surface area contributed by atoms with Crippen molar-refractivity contribution in [2.24, 2.45) is 0 Å². The van der Waals surface area contributed by atoms with Gasteiger partial charge in [0.15, 0.2) is 5.79 Å². The normalized spacial score (nSPS) is 29.4. The predicted molar refractivity (Wildman–Crippen MR) is 47.3 cm³/mol. The highest BCUT2D eigenvalue weighted by Gasteiger charge is 2.41. The molecule has 84 valence electrons. The number of rotatable bonds is 4. The molecule has 6 nitrogen and oxygen atoms in total. The molecule has 1 aliphatic heterocycles. The molecule has 6 heteroatoms. The summed E-state index contributed by atoms with van der Waals surface area (Å²) >= 11 is 0. The molecule has 2 unspecified atom stereocenters. The summed E-state index contributed by atoms with van der Waals surface area (Å²) in [4.78, 5) is 1.56. The highest BCUT2D eigenvalue weighted by Crippen LogP contribution is 2.24. The maximum absolute atomic E-state index is 9.31. The lowest BCUT2D eigenvalue weighted by Gasteiger charge is -2.24. The van der Waals surface area contributed by atoms with Crippen molar-refractivity contribution in [3.05, 3.63) is 0 Å². The molecular weight excluding hydrogens is 190 g/mol. The summed E-state index contributed by atoms with van der Waals surface area (Å²) in [5, 5.41) is 45.4. The lowest BCUT2D eigenvalue weighted by atomic mass is 10.2. The molecule has 0 aromatic carbocycles. The predicted octanol–water partition coefficient (Wildman–Crippen LogP) is -2.91. The van der Waals surface area contributed by atoms with E-state index in [1.165, 1.54) is 0 Å². The molecular formula is C8H17NO5. The van der Waals surface area contributed by atoms with Crippen molar-refractivity contribution in [2.75, 3.05) is 26.3 Å². The van der Waals surface area contributed by atoms with Gasteiger partial charge in [-0.05, 0) is 0 Å². The van der Waals surface area contributed by atoms with Gasteiger partial charge in [0.1, 0.15) is 0 Å². The molecule has 0 amide bonds. The van der Waals surface area contributed by atoms with Crippen molar-refractivity contribution in [2.45, 2.75) is 24.4 Å². The van der Waals surface area contributed by atoms with Crippen LogP contribution in [0, 0.1) is 0 Å². The van der Waals surface area contributed by atoms with Crippen molar-refractivity contribution in [1.82, 2.24) is 4.90 Å². The minimum Gasteiger partial charge on any atom is -0.395 e. The van der Waals surface area contributed by atoms with E-state index in [1.54, 1.807) is 4.90 Å². The van der Waals surface area contributed by atoms with E-state index < -0.39 is 11.9 Å². The molecule has 2 atom stereocenters. The first kappa shape index (κ1) is 11.8. The van der Waals surface area contributed by atoms with E-state index >= 15 is 0 Å². The second kappa shape index (κ2) is 4.52. The summed E-state index contributed by atoms with van der Waals surface area (Å²) in [5.74, 6) is -1.80. The topological polar surface area (TPSA) is 104 Å². The second-order valence-electron chi connectivity index (χ2n) is 3.79. The third kappa shape index (κ3) is 2.88. The van der Waals surface area contributed by atoms with Crippen LogP contribution in [0.4, 0.5) is 0 Å². The van der Waals surface area contributed by atoms with Crippen molar-refractivity contribution in [3.8, 4) is 0 Å². The average Bonchev–Trinajstić information content (AvgIpc) is 2.40. The Kier molecular flexibility index (Phi) is 3.82. The van der Waals surface area contributed by atoms with Crippen LogP contribution >= 0.6 is 0 Å². The van der Waals surface area contributed by atoms with Gasteiger partial charge >= 0.3 is 0 Å². The molecule has 0 spiro atoms. The van der Waals surface area contributed by atoms with E-state index in [9.17, 15) is 10.2 Å². The van der Waals surface area contributed by atoms with Crippen LogP contribution in [0.25, 0.3) is 0 Å². The fourth-order valence-corrected chi connectivity index (χ4v) is 1.75. The van der Waals surface area contributed by atoms with Crippen molar-refractivity contribution in [3.63, 3.8) is 0 Å². The molecule has 0 saturated carbocycles. The fraction of sp³-hybridized carbons (Fsp3) is 1.00. The first-order valence-electron chi connectivity index (χ1n) is 4.57. The van der Waals surface area contributed by atoms with E-state index in [0.29, 0.717) is 0 Å². The van der Waals surface area contributed by atoms with Crippen LogP contribution in [0.2, 0.25) is 0 Å². The Labute approximate surface area is 82.0 Å². The number of aliphatic hydroxyl groups is 5. The van der Waals surface area contributed by atoms with E-state index in [-0.39, 0.29) is 38.8 Å². The molecule has 0 bridgehead atoms. The molecule has 5 N–H and O–H groups in total. The highest BCUT2D eigenvalue weighted by molar-refractivity contribution is 4.90. The van der Waals surface area contributed by atoms with Gasteiger partial charge in [-0.2, -0.15) is 0 Å². The minimum atomic E-state index is -1.80. The number of nitrogens with zero attached hydrogens (tertiary/aromatic N) is 1. The van der Waals surface area contributed by atoms with E-state index in [2.05, 4.69) is 0 Å². The molecule has 1 saturated heterocycles. The standard InChI is InChI=1S/C8H17NO5/c10-3-6-1-8(13,14)5-9(6)2-7(12)4-11/h6-7,10-14H,1-5H2. The van der Waals surface area contributed by atoms with Crippen molar-refractivity contribution < 1.29 is 25.5 Å². The number of hydrogen-bond donors (Lipinski definition) is 5. The molecule has 14 heavy (non-hydrogen) atoms. The van der Waals surface area contributed by atoms with Crippen LogP contribution in [-0.2, 0) is 0 Å². The Bertz CT molecular complexity index is 187. The quantitative estimate of drug-likeness (QED) is 0.316. The monoisotopic (exact) mass is 207 g/mol. The molecule has 1 aliphatic rings. The molecule has 0 radical (unpaired) electrons. The van der Waals surface area contributed by atoms with Gasteiger partial charge in [0.05, 0.1) is 25.9 Å². The average molecular weight is 207 g/mol. The van der Waals surface area contributed by atoms with E-state index in [1.807, 2.05) is 0 Å². The maximum Gasteiger partial charge on any atom is 0.177 e. The van der Waals surface area contributed by atoms with Gasteiger partial charge in [-0.15, -0.1) is 0 Å². The summed E-state index contributed by atoms with van der Waals surface area (Å²) in [7, 11) is 0. The van der Waals surface area contributed by atoms with Gasteiger partial charge in [-0.25, -0.2) is 0 Å². The summed E-state index contributed by atoms with van der Waals surface area (Å²) in [6.07, 6.45) is -0.861. The third-order valence-electron chi connectivity index (χ3n) is 2.40. The minimum absolute atomic E-state index is 0.0186. The first-order valence-corrected chi connectivity index (χ1v) is 4.57. The number of hydrogen-bond acceptors (Lipinski definition) is 6. The summed E-state index contributed by atoms with van der Waals surface area (Å²) in [6, 6.07) is -0.369. The van der Waals surface area contributed by atoms with Gasteiger partial charge in [-0.1, -0.05) is 0 Å². The summed E-state index contributed by atoms with van der Waals surface area (Å²) in [5.41, 5.74) is 0. The lowest BCUT2D eigenvalue weighted by molar-refractivity contribution is -0.149. The molecule has 1 rings (SSSR count). The highest BCUT2D eigenvalue weighted by atomic mass is 16.5. The zero-order chi connectivity index (χ0) is 10.8. The van der Waals surface area contributed by atoms with E-state index in [4.69, 9.17) is 15.3 Å². The Balaban J connectivity index is 2.51. The van der Waals surface area contributed by atoms with Crippen molar-refractivity contribution >= 4 is 0 Å². The van der Waals surface area contributed by atoms with Gasteiger partial charge < -0.3 is 25.5 Å². The van der Waals surface area contributed by atoms with Crippen LogP contribution in [0.5, 0.6) is 0 Å². The number of β-amino-alcohol motifs (C(OH)–C–C–N with tert-alkyl or cyclic N) is 3. The molecule has 0 aromatic rings. The second-order valence-corrected chi connectivity index (χ2v) is 3.79. The molecule has 1 heterocycles. The van der Waals surface area contributed by atoms with Crippen LogP contribution in [-0.4, -0.2) is 74.7 Å². The number of aliphatic hydroxyl groups excluding tert-OH is 3. The van der Waals surface area contributed by atoms with Crippen molar-refractivity contribution in [1.29, 1.82) is 0 Å². The SMILES string of the molecule is OCC(O)CN1CC(O)(O)CC1CO. The fourth-order valence-electron chi connectivity index (χ4n) is 1.75. The zero-order valence-electron chi connectivity index (χ0n) is 7.87. The van der Waals surface area contributed by atoms with Gasteiger partial charge in [0.25, 0.3) is 0 Å².